The Morgan fingerprint density at radius 3 is 2.95 bits per heavy atom. The van der Waals surface area contributed by atoms with Gasteiger partial charge in [-0.1, -0.05) is 6.42 Å². The second-order valence-corrected chi connectivity index (χ2v) is 7.22. The van der Waals surface area contributed by atoms with E-state index in [-0.39, 0.29) is 5.75 Å². The first kappa shape index (κ1) is 16.0. The number of aromatic hydroxyl groups is 1. The average Bonchev–Trinajstić information content (AvgIpc) is 2.48. The third-order valence-corrected chi connectivity index (χ3v) is 5.56. The molecule has 0 aromatic heterocycles. The molecule has 1 fully saturated rings. The van der Waals surface area contributed by atoms with Crippen molar-refractivity contribution in [2.24, 2.45) is 0 Å². The van der Waals surface area contributed by atoms with Crippen LogP contribution in [0, 0.1) is 0 Å². The summed E-state index contributed by atoms with van der Waals surface area (Å²) >= 11 is 5.34. The molecule has 0 heterocycles. The van der Waals surface area contributed by atoms with Crippen molar-refractivity contribution in [2.75, 3.05) is 13.4 Å². The average molecular weight is 360 g/mol. The summed E-state index contributed by atoms with van der Waals surface area (Å²) in [6.07, 6.45) is 7.36. The van der Waals surface area contributed by atoms with Crippen molar-refractivity contribution in [3.63, 3.8) is 0 Å². The van der Waals surface area contributed by atoms with E-state index in [1.54, 1.807) is 7.11 Å². The predicted octanol–water partition coefficient (Wildman–Crippen LogP) is 3.93. The van der Waals surface area contributed by atoms with Crippen LogP contribution >= 0.6 is 27.7 Å². The lowest BCUT2D eigenvalue weighted by molar-refractivity contribution is 0.367. The number of hydrogen-bond acceptors (Lipinski definition) is 4. The van der Waals surface area contributed by atoms with E-state index in [0.717, 1.165) is 17.4 Å². The Balaban J connectivity index is 1.95. The summed E-state index contributed by atoms with van der Waals surface area (Å²) in [5, 5.41) is 14.2. The lowest BCUT2D eigenvalue weighted by Crippen LogP contribution is -2.34. The highest BCUT2D eigenvalue weighted by Gasteiger charge is 2.20. The highest BCUT2D eigenvalue weighted by atomic mass is 79.9. The van der Waals surface area contributed by atoms with E-state index in [1.807, 2.05) is 23.9 Å². The largest absolute Gasteiger partial charge is 0.503 e. The Bertz CT molecular complexity index is 456. The molecular weight excluding hydrogens is 338 g/mol. The number of hydrogen-bond donors (Lipinski definition) is 2. The van der Waals surface area contributed by atoms with Gasteiger partial charge in [-0.2, -0.15) is 11.8 Å². The van der Waals surface area contributed by atoms with E-state index in [4.69, 9.17) is 4.74 Å². The molecule has 2 atom stereocenters. The lowest BCUT2D eigenvalue weighted by Gasteiger charge is -2.29. The second kappa shape index (κ2) is 7.57. The van der Waals surface area contributed by atoms with E-state index >= 15 is 0 Å². The van der Waals surface area contributed by atoms with Crippen molar-refractivity contribution in [1.82, 2.24) is 5.32 Å². The molecule has 1 aliphatic carbocycles. The van der Waals surface area contributed by atoms with Crippen LogP contribution in [0.5, 0.6) is 11.5 Å². The van der Waals surface area contributed by atoms with Crippen LogP contribution in [0.3, 0.4) is 0 Å². The van der Waals surface area contributed by atoms with Gasteiger partial charge in [-0.05, 0) is 59.1 Å². The first-order chi connectivity index (χ1) is 9.63. The summed E-state index contributed by atoms with van der Waals surface area (Å²) in [6.45, 7) is 0.807. The van der Waals surface area contributed by atoms with E-state index in [2.05, 4.69) is 27.5 Å². The fourth-order valence-corrected chi connectivity index (χ4v) is 4.01. The zero-order valence-corrected chi connectivity index (χ0v) is 14.4. The van der Waals surface area contributed by atoms with Crippen molar-refractivity contribution < 1.29 is 9.84 Å². The monoisotopic (exact) mass is 359 g/mol. The summed E-state index contributed by atoms with van der Waals surface area (Å²) in [4.78, 5) is 0. The molecule has 1 aromatic rings. The highest BCUT2D eigenvalue weighted by molar-refractivity contribution is 9.10. The zero-order chi connectivity index (χ0) is 14.5. The Morgan fingerprint density at radius 1 is 1.45 bits per heavy atom. The van der Waals surface area contributed by atoms with Crippen LogP contribution < -0.4 is 10.1 Å². The van der Waals surface area contributed by atoms with Gasteiger partial charge in [0, 0.05) is 17.8 Å². The molecule has 2 unspecified atom stereocenters. The maximum Gasteiger partial charge on any atom is 0.172 e. The van der Waals surface area contributed by atoms with Gasteiger partial charge in [-0.15, -0.1) is 0 Å². The van der Waals surface area contributed by atoms with Crippen LogP contribution in [0.1, 0.15) is 31.2 Å². The van der Waals surface area contributed by atoms with Crippen LogP contribution in [0.4, 0.5) is 0 Å². The summed E-state index contributed by atoms with van der Waals surface area (Å²) < 4.78 is 5.86. The number of phenols is 1. The van der Waals surface area contributed by atoms with Crippen LogP contribution in [0.15, 0.2) is 16.6 Å². The molecule has 0 saturated heterocycles. The van der Waals surface area contributed by atoms with E-state index in [1.165, 1.54) is 25.7 Å². The molecule has 0 bridgehead atoms. The normalized spacial score (nSPS) is 22.8. The van der Waals surface area contributed by atoms with Crippen molar-refractivity contribution in [2.45, 2.75) is 43.5 Å². The lowest BCUT2D eigenvalue weighted by atomic mass is 9.95. The number of ether oxygens (including phenoxy) is 1. The number of methoxy groups -OCH3 is 1. The van der Waals surface area contributed by atoms with Crippen LogP contribution in [-0.4, -0.2) is 29.8 Å². The molecule has 0 radical (unpaired) electrons. The SMILES string of the molecule is COc1cc(CNC2CCCC(SC)C2)cc(Br)c1O. The van der Waals surface area contributed by atoms with Gasteiger partial charge in [-0.3, -0.25) is 0 Å². The zero-order valence-electron chi connectivity index (χ0n) is 12.0. The molecule has 112 valence electrons. The minimum Gasteiger partial charge on any atom is -0.503 e. The topological polar surface area (TPSA) is 41.5 Å². The summed E-state index contributed by atoms with van der Waals surface area (Å²) in [7, 11) is 1.57. The van der Waals surface area contributed by atoms with E-state index < -0.39 is 0 Å². The summed E-state index contributed by atoms with van der Waals surface area (Å²) in [6, 6.07) is 4.43. The summed E-state index contributed by atoms with van der Waals surface area (Å²) in [5.41, 5.74) is 1.12. The van der Waals surface area contributed by atoms with Gasteiger partial charge in [0.1, 0.15) is 0 Å². The van der Waals surface area contributed by atoms with Crippen LogP contribution in [0.25, 0.3) is 0 Å². The van der Waals surface area contributed by atoms with Crippen LogP contribution in [-0.2, 0) is 6.54 Å². The molecule has 2 N–H and O–H groups in total. The minimum atomic E-state index is 0.163. The van der Waals surface area contributed by atoms with E-state index in [9.17, 15) is 5.11 Å². The number of nitrogens with one attached hydrogen (secondary N) is 1. The van der Waals surface area contributed by atoms with E-state index in [0.29, 0.717) is 16.3 Å². The molecule has 20 heavy (non-hydrogen) atoms. The maximum absolute atomic E-state index is 9.81. The predicted molar refractivity (Wildman–Crippen MR) is 88.8 cm³/mol. The second-order valence-electron chi connectivity index (χ2n) is 5.23. The number of benzene rings is 1. The van der Waals surface area contributed by atoms with Crippen molar-refractivity contribution in [3.05, 3.63) is 22.2 Å². The Labute approximate surface area is 133 Å². The molecule has 2 rings (SSSR count). The first-order valence-electron chi connectivity index (χ1n) is 6.95. The van der Waals surface area contributed by atoms with Gasteiger partial charge in [0.15, 0.2) is 11.5 Å². The van der Waals surface area contributed by atoms with Crippen molar-refractivity contribution >= 4 is 27.7 Å². The first-order valence-corrected chi connectivity index (χ1v) is 9.03. The van der Waals surface area contributed by atoms with Gasteiger partial charge in [-0.25, -0.2) is 0 Å². The Morgan fingerprint density at radius 2 is 2.25 bits per heavy atom. The number of halogens is 1. The van der Waals surface area contributed by atoms with Gasteiger partial charge >= 0.3 is 0 Å². The number of thioether (sulfide) groups is 1. The third-order valence-electron chi connectivity index (χ3n) is 3.86. The van der Waals surface area contributed by atoms with Crippen molar-refractivity contribution in [1.29, 1.82) is 0 Å². The smallest absolute Gasteiger partial charge is 0.172 e. The van der Waals surface area contributed by atoms with Gasteiger partial charge in [0.25, 0.3) is 0 Å². The number of rotatable bonds is 5. The Hall–Kier alpha value is -0.390. The van der Waals surface area contributed by atoms with Gasteiger partial charge < -0.3 is 15.2 Å². The fraction of sp³-hybridized carbons (Fsp3) is 0.600. The van der Waals surface area contributed by atoms with Crippen LogP contribution in [0.2, 0.25) is 0 Å². The molecule has 1 saturated carbocycles. The van der Waals surface area contributed by atoms with Gasteiger partial charge in [0.05, 0.1) is 11.6 Å². The minimum absolute atomic E-state index is 0.163. The highest BCUT2D eigenvalue weighted by Crippen LogP contribution is 2.35. The molecular formula is C15H22BrNO2S. The number of phenolic OH excluding ortho intramolecular Hbond substituents is 1. The third kappa shape index (κ3) is 4.06. The molecule has 3 nitrogen and oxygen atoms in total. The molecule has 1 aromatic carbocycles. The quantitative estimate of drug-likeness (QED) is 0.835. The molecule has 1 aliphatic rings. The van der Waals surface area contributed by atoms with Gasteiger partial charge in [0.2, 0.25) is 0 Å². The Kier molecular flexibility index (Phi) is 6.05. The molecule has 0 aliphatic heterocycles. The standard InChI is InChI=1S/C15H22BrNO2S/c1-19-14-7-10(6-13(16)15(14)18)9-17-11-4-3-5-12(8-11)20-2/h6-7,11-12,17-18H,3-5,8-9H2,1-2H3. The molecule has 0 amide bonds. The molecule has 0 spiro atoms. The van der Waals surface area contributed by atoms with Crippen molar-refractivity contribution in [3.8, 4) is 11.5 Å². The maximum atomic E-state index is 9.81. The fourth-order valence-electron chi connectivity index (χ4n) is 2.69. The summed E-state index contributed by atoms with van der Waals surface area (Å²) in [5.74, 6) is 0.679. The molecule has 5 heteroatoms.